The minimum Gasteiger partial charge on any atom is -0.321 e. The van der Waals surface area contributed by atoms with Crippen LogP contribution in [-0.4, -0.2) is 19.0 Å². The molecule has 0 aliphatic rings. The highest BCUT2D eigenvalue weighted by Gasteiger charge is 2.18. The maximum Gasteiger partial charge on any atom is 0.228 e. The smallest absolute Gasteiger partial charge is 0.228 e. The lowest BCUT2D eigenvalue weighted by atomic mass is 10.1. The molecule has 1 rings (SSSR count). The van der Waals surface area contributed by atoms with Gasteiger partial charge < -0.3 is 10.6 Å². The molecule has 0 heterocycles. The Morgan fingerprint density at radius 2 is 1.83 bits per heavy atom. The minimum atomic E-state index is -1.13. The first-order chi connectivity index (χ1) is 8.45. The summed E-state index contributed by atoms with van der Waals surface area (Å²) < 4.78 is 39.2. The lowest BCUT2D eigenvalue weighted by Crippen LogP contribution is -2.30. The molecule has 1 atom stereocenters. The molecule has 0 aromatic heterocycles. The van der Waals surface area contributed by atoms with Gasteiger partial charge in [-0.05, 0) is 6.54 Å². The van der Waals surface area contributed by atoms with Crippen molar-refractivity contribution in [2.45, 2.75) is 13.8 Å². The van der Waals surface area contributed by atoms with Crippen LogP contribution in [0.3, 0.4) is 0 Å². The third-order valence-corrected chi connectivity index (χ3v) is 2.40. The highest BCUT2D eigenvalue weighted by molar-refractivity contribution is 5.92. The molecule has 1 aromatic rings. The molecule has 18 heavy (non-hydrogen) atoms. The summed E-state index contributed by atoms with van der Waals surface area (Å²) in [7, 11) is 0. The average Bonchev–Trinajstić information content (AvgIpc) is 2.30. The molecule has 1 amide bonds. The molecule has 1 aromatic carbocycles. The van der Waals surface area contributed by atoms with Crippen LogP contribution in [0.4, 0.5) is 18.9 Å². The van der Waals surface area contributed by atoms with Gasteiger partial charge in [-0.2, -0.15) is 0 Å². The van der Waals surface area contributed by atoms with Gasteiger partial charge in [-0.25, -0.2) is 13.2 Å². The van der Waals surface area contributed by atoms with E-state index in [1.54, 1.807) is 6.92 Å². The van der Waals surface area contributed by atoms with Gasteiger partial charge in [-0.15, -0.1) is 0 Å². The van der Waals surface area contributed by atoms with Crippen LogP contribution in [0.1, 0.15) is 13.8 Å². The average molecular weight is 260 g/mol. The molecule has 0 aliphatic carbocycles. The largest absolute Gasteiger partial charge is 0.321 e. The maximum absolute atomic E-state index is 13.3. The molecule has 0 saturated heterocycles. The van der Waals surface area contributed by atoms with Crippen LogP contribution in [0.15, 0.2) is 12.1 Å². The number of anilines is 1. The summed E-state index contributed by atoms with van der Waals surface area (Å²) in [6.07, 6.45) is 0. The maximum atomic E-state index is 13.3. The number of hydrogen-bond donors (Lipinski definition) is 2. The zero-order chi connectivity index (χ0) is 13.7. The second-order valence-electron chi connectivity index (χ2n) is 3.94. The van der Waals surface area contributed by atoms with E-state index in [-0.39, 0.29) is 0 Å². The van der Waals surface area contributed by atoms with Crippen molar-refractivity contribution in [1.29, 1.82) is 0 Å². The SMILES string of the molecule is CCNCC(C)C(=O)Nc1c(F)cc(F)cc1F. The van der Waals surface area contributed by atoms with Crippen molar-refractivity contribution < 1.29 is 18.0 Å². The van der Waals surface area contributed by atoms with Gasteiger partial charge in [-0.3, -0.25) is 4.79 Å². The van der Waals surface area contributed by atoms with Gasteiger partial charge in [0.1, 0.15) is 11.5 Å². The van der Waals surface area contributed by atoms with Gasteiger partial charge >= 0.3 is 0 Å². The summed E-state index contributed by atoms with van der Waals surface area (Å²) in [6, 6.07) is 1.04. The van der Waals surface area contributed by atoms with Crippen molar-refractivity contribution in [2.24, 2.45) is 5.92 Å². The first kappa shape index (κ1) is 14.5. The van der Waals surface area contributed by atoms with Crippen molar-refractivity contribution in [3.8, 4) is 0 Å². The van der Waals surface area contributed by atoms with E-state index in [9.17, 15) is 18.0 Å². The monoisotopic (exact) mass is 260 g/mol. The van der Waals surface area contributed by atoms with Crippen molar-refractivity contribution in [3.05, 3.63) is 29.6 Å². The fraction of sp³-hybridized carbons (Fsp3) is 0.417. The van der Waals surface area contributed by atoms with Crippen molar-refractivity contribution in [3.63, 3.8) is 0 Å². The number of rotatable bonds is 5. The molecule has 0 bridgehead atoms. The molecule has 100 valence electrons. The standard InChI is InChI=1S/C12H15F3N2O/c1-3-16-6-7(2)12(18)17-11-9(14)4-8(13)5-10(11)15/h4-5,7,16H,3,6H2,1-2H3,(H,17,18). The van der Waals surface area contributed by atoms with E-state index >= 15 is 0 Å². The zero-order valence-electron chi connectivity index (χ0n) is 10.2. The van der Waals surface area contributed by atoms with Crippen LogP contribution < -0.4 is 10.6 Å². The first-order valence-electron chi connectivity index (χ1n) is 5.61. The van der Waals surface area contributed by atoms with Gasteiger partial charge in [0, 0.05) is 24.6 Å². The van der Waals surface area contributed by atoms with Crippen LogP contribution in [0.25, 0.3) is 0 Å². The molecule has 0 saturated carbocycles. The molecular formula is C12H15F3N2O. The van der Waals surface area contributed by atoms with E-state index in [1.807, 2.05) is 6.92 Å². The summed E-state index contributed by atoms with van der Waals surface area (Å²) in [5, 5.41) is 5.06. The first-order valence-corrected chi connectivity index (χ1v) is 5.61. The molecule has 0 spiro atoms. The van der Waals surface area contributed by atoms with Crippen LogP contribution in [0, 0.1) is 23.4 Å². The molecular weight excluding hydrogens is 245 g/mol. The lowest BCUT2D eigenvalue weighted by Gasteiger charge is -2.13. The topological polar surface area (TPSA) is 41.1 Å². The van der Waals surface area contributed by atoms with Crippen LogP contribution in [0.5, 0.6) is 0 Å². The second-order valence-corrected chi connectivity index (χ2v) is 3.94. The zero-order valence-corrected chi connectivity index (χ0v) is 10.2. The summed E-state index contributed by atoms with van der Waals surface area (Å²) in [5.74, 6) is -4.26. The van der Waals surface area contributed by atoms with E-state index < -0.39 is 35.0 Å². The molecule has 0 aliphatic heterocycles. The van der Waals surface area contributed by atoms with Gasteiger partial charge in [0.05, 0.1) is 0 Å². The number of benzene rings is 1. The van der Waals surface area contributed by atoms with Crippen LogP contribution in [0.2, 0.25) is 0 Å². The minimum absolute atomic E-state index is 0.396. The van der Waals surface area contributed by atoms with Gasteiger partial charge in [0.25, 0.3) is 0 Å². The number of carbonyl (C=O) groups is 1. The van der Waals surface area contributed by atoms with E-state index in [4.69, 9.17) is 0 Å². The summed E-state index contributed by atoms with van der Waals surface area (Å²) in [6.45, 7) is 4.59. The number of nitrogens with one attached hydrogen (secondary N) is 2. The highest BCUT2D eigenvalue weighted by Crippen LogP contribution is 2.20. The number of carbonyl (C=O) groups excluding carboxylic acids is 1. The lowest BCUT2D eigenvalue weighted by molar-refractivity contribution is -0.119. The fourth-order valence-electron chi connectivity index (χ4n) is 1.36. The number of amides is 1. The Labute approximate surface area is 103 Å². The van der Waals surface area contributed by atoms with Crippen LogP contribution >= 0.6 is 0 Å². The summed E-state index contributed by atoms with van der Waals surface area (Å²) >= 11 is 0. The Hall–Kier alpha value is -1.56. The molecule has 3 nitrogen and oxygen atoms in total. The molecule has 2 N–H and O–H groups in total. The Morgan fingerprint density at radius 3 is 2.33 bits per heavy atom. The number of halogens is 3. The quantitative estimate of drug-likeness (QED) is 0.852. The predicted octanol–water partition coefficient (Wildman–Crippen LogP) is 2.29. The third kappa shape index (κ3) is 3.73. The Balaban J connectivity index is 2.76. The van der Waals surface area contributed by atoms with E-state index in [0.29, 0.717) is 25.2 Å². The Morgan fingerprint density at radius 1 is 1.28 bits per heavy atom. The van der Waals surface area contributed by atoms with Crippen LogP contribution in [-0.2, 0) is 4.79 Å². The van der Waals surface area contributed by atoms with Gasteiger partial charge in [0.15, 0.2) is 11.6 Å². The molecule has 0 fully saturated rings. The fourth-order valence-corrected chi connectivity index (χ4v) is 1.36. The molecule has 6 heteroatoms. The van der Waals surface area contributed by atoms with E-state index in [1.165, 1.54) is 0 Å². The van der Waals surface area contributed by atoms with Gasteiger partial charge in [-0.1, -0.05) is 13.8 Å². The normalized spacial score (nSPS) is 12.3. The van der Waals surface area contributed by atoms with Crippen molar-refractivity contribution >= 4 is 11.6 Å². The summed E-state index contributed by atoms with van der Waals surface area (Å²) in [4.78, 5) is 11.6. The number of hydrogen-bond acceptors (Lipinski definition) is 2. The highest BCUT2D eigenvalue weighted by atomic mass is 19.1. The van der Waals surface area contributed by atoms with E-state index in [2.05, 4.69) is 10.6 Å². The Bertz CT molecular complexity index is 414. The molecule has 1 unspecified atom stereocenters. The Kier molecular flexibility index (Phi) is 5.15. The van der Waals surface area contributed by atoms with Gasteiger partial charge in [0.2, 0.25) is 5.91 Å². The van der Waals surface area contributed by atoms with E-state index in [0.717, 1.165) is 0 Å². The third-order valence-electron chi connectivity index (χ3n) is 2.40. The second kappa shape index (κ2) is 6.39. The summed E-state index contributed by atoms with van der Waals surface area (Å²) in [5.41, 5.74) is -0.621. The van der Waals surface area contributed by atoms with Crippen molar-refractivity contribution in [2.75, 3.05) is 18.4 Å². The molecule has 0 radical (unpaired) electrons. The predicted molar refractivity (Wildman–Crippen MR) is 62.7 cm³/mol. The van der Waals surface area contributed by atoms with Crippen molar-refractivity contribution in [1.82, 2.24) is 5.32 Å².